The van der Waals surface area contributed by atoms with Gasteiger partial charge in [0.15, 0.2) is 0 Å². The van der Waals surface area contributed by atoms with Crippen molar-refractivity contribution in [1.82, 2.24) is 9.88 Å². The molecule has 0 saturated carbocycles. The number of aromatic nitrogens is 1. The normalized spacial score (nSPS) is 20.0. The Kier molecular flexibility index (Phi) is 4.36. The predicted octanol–water partition coefficient (Wildman–Crippen LogP) is 2.55. The largest absolute Gasteiger partial charge is 0.396 e. The molecule has 0 spiro atoms. The molecule has 2 heterocycles. The van der Waals surface area contributed by atoms with Gasteiger partial charge in [-0.25, -0.2) is 4.98 Å². The Labute approximate surface area is 125 Å². The number of anilines is 1. The maximum Gasteiger partial charge on any atom is 0.128 e. The van der Waals surface area contributed by atoms with E-state index in [1.54, 1.807) is 0 Å². The van der Waals surface area contributed by atoms with Gasteiger partial charge in [0.25, 0.3) is 0 Å². The molecule has 0 bridgehead atoms. The number of benzene rings is 1. The summed E-state index contributed by atoms with van der Waals surface area (Å²) in [6.45, 7) is 2.16. The van der Waals surface area contributed by atoms with Crippen LogP contribution in [0.3, 0.4) is 0 Å². The van der Waals surface area contributed by atoms with Crippen LogP contribution < -0.4 is 5.73 Å². The Morgan fingerprint density at radius 1 is 1.29 bits per heavy atom. The van der Waals surface area contributed by atoms with E-state index in [-0.39, 0.29) is 6.61 Å². The number of nitrogens with zero attached hydrogens (tertiary/aromatic N) is 2. The molecular formula is C17H23N3O. The van der Waals surface area contributed by atoms with E-state index in [1.807, 2.05) is 18.2 Å². The minimum atomic E-state index is 0.257. The molecule has 21 heavy (non-hydrogen) atoms. The number of piperidine rings is 1. The molecule has 1 fully saturated rings. The lowest BCUT2D eigenvalue weighted by Gasteiger charge is -2.35. The summed E-state index contributed by atoms with van der Waals surface area (Å²) in [5.74, 6) is 0.627. The van der Waals surface area contributed by atoms with Gasteiger partial charge in [-0.15, -0.1) is 0 Å². The van der Waals surface area contributed by atoms with Gasteiger partial charge in [0, 0.05) is 30.1 Å². The van der Waals surface area contributed by atoms with Crippen LogP contribution in [0, 0.1) is 0 Å². The van der Waals surface area contributed by atoms with Crippen LogP contribution in [-0.2, 0) is 6.54 Å². The molecule has 1 aliphatic heterocycles. The van der Waals surface area contributed by atoms with Crippen LogP contribution in [0.2, 0.25) is 0 Å². The van der Waals surface area contributed by atoms with E-state index in [0.717, 1.165) is 36.0 Å². The van der Waals surface area contributed by atoms with Crippen molar-refractivity contribution < 1.29 is 5.11 Å². The molecule has 3 N–H and O–H groups in total. The fourth-order valence-electron chi connectivity index (χ4n) is 3.26. The fraction of sp³-hybridized carbons (Fsp3) is 0.471. The smallest absolute Gasteiger partial charge is 0.128 e. The van der Waals surface area contributed by atoms with Crippen LogP contribution >= 0.6 is 0 Å². The molecule has 0 aliphatic carbocycles. The monoisotopic (exact) mass is 285 g/mol. The van der Waals surface area contributed by atoms with Crippen molar-refractivity contribution in [2.24, 2.45) is 0 Å². The van der Waals surface area contributed by atoms with E-state index < -0.39 is 0 Å². The van der Waals surface area contributed by atoms with E-state index in [2.05, 4.69) is 22.0 Å². The van der Waals surface area contributed by atoms with Gasteiger partial charge >= 0.3 is 0 Å². The first-order valence-corrected chi connectivity index (χ1v) is 7.77. The number of rotatable bonds is 4. The average Bonchev–Trinajstić information content (AvgIpc) is 2.50. The first-order chi connectivity index (χ1) is 10.3. The van der Waals surface area contributed by atoms with E-state index >= 15 is 0 Å². The van der Waals surface area contributed by atoms with Crippen molar-refractivity contribution in [3.05, 3.63) is 35.9 Å². The molecule has 1 aromatic carbocycles. The molecule has 4 nitrogen and oxygen atoms in total. The van der Waals surface area contributed by atoms with Crippen molar-refractivity contribution in [3.8, 4) is 0 Å². The fourth-order valence-corrected chi connectivity index (χ4v) is 3.26. The number of hydrogen-bond donors (Lipinski definition) is 2. The Bertz CT molecular complexity index is 612. The van der Waals surface area contributed by atoms with Crippen molar-refractivity contribution in [3.63, 3.8) is 0 Å². The topological polar surface area (TPSA) is 62.4 Å². The number of fused-ring (bicyclic) bond motifs is 1. The zero-order valence-corrected chi connectivity index (χ0v) is 12.3. The Balaban J connectivity index is 1.84. The standard InChI is InChI=1S/C17H23N3O/c18-17-14(11-13-5-1-2-7-16(13)19-17)12-20-9-4-3-6-15(20)8-10-21/h1-2,5,7,11,15,21H,3-4,6,8-10,12H2,(H2,18,19). The Hall–Kier alpha value is -1.65. The molecule has 0 radical (unpaired) electrons. The summed E-state index contributed by atoms with van der Waals surface area (Å²) in [5.41, 5.74) is 8.18. The molecule has 2 aromatic rings. The second kappa shape index (κ2) is 6.41. The quantitative estimate of drug-likeness (QED) is 0.906. The highest BCUT2D eigenvalue weighted by Crippen LogP contribution is 2.25. The van der Waals surface area contributed by atoms with E-state index in [9.17, 15) is 5.11 Å². The number of pyridine rings is 1. The third-order valence-electron chi connectivity index (χ3n) is 4.42. The van der Waals surface area contributed by atoms with Crippen LogP contribution in [0.1, 0.15) is 31.2 Å². The second-order valence-electron chi connectivity index (χ2n) is 5.86. The van der Waals surface area contributed by atoms with Gasteiger partial charge in [0.05, 0.1) is 5.52 Å². The summed E-state index contributed by atoms with van der Waals surface area (Å²) in [4.78, 5) is 6.96. The number of aliphatic hydroxyl groups is 1. The van der Waals surface area contributed by atoms with Gasteiger partial charge in [0.1, 0.15) is 5.82 Å². The number of aliphatic hydroxyl groups excluding tert-OH is 1. The third kappa shape index (κ3) is 3.17. The lowest BCUT2D eigenvalue weighted by atomic mass is 9.98. The molecule has 1 aromatic heterocycles. The Morgan fingerprint density at radius 2 is 2.14 bits per heavy atom. The first-order valence-electron chi connectivity index (χ1n) is 7.77. The van der Waals surface area contributed by atoms with E-state index in [4.69, 9.17) is 5.73 Å². The molecule has 112 valence electrons. The summed E-state index contributed by atoms with van der Waals surface area (Å²) in [7, 11) is 0. The number of nitrogen functional groups attached to an aromatic ring is 1. The van der Waals surface area contributed by atoms with Gasteiger partial charge in [-0.2, -0.15) is 0 Å². The minimum absolute atomic E-state index is 0.257. The maximum absolute atomic E-state index is 9.23. The summed E-state index contributed by atoms with van der Waals surface area (Å²) in [6.07, 6.45) is 4.50. The first kappa shape index (κ1) is 14.3. The van der Waals surface area contributed by atoms with Crippen molar-refractivity contribution in [2.75, 3.05) is 18.9 Å². The van der Waals surface area contributed by atoms with E-state index in [1.165, 1.54) is 19.3 Å². The number of likely N-dealkylation sites (tertiary alicyclic amines) is 1. The molecule has 0 amide bonds. The average molecular weight is 285 g/mol. The zero-order chi connectivity index (χ0) is 14.7. The van der Waals surface area contributed by atoms with Crippen LogP contribution in [0.15, 0.2) is 30.3 Å². The van der Waals surface area contributed by atoms with Crippen molar-refractivity contribution in [2.45, 2.75) is 38.3 Å². The highest BCUT2D eigenvalue weighted by atomic mass is 16.3. The summed E-state index contributed by atoms with van der Waals surface area (Å²) >= 11 is 0. The number of para-hydroxylation sites is 1. The van der Waals surface area contributed by atoms with Crippen molar-refractivity contribution >= 4 is 16.7 Å². The SMILES string of the molecule is Nc1nc2ccccc2cc1CN1CCCCC1CCO. The third-order valence-corrected chi connectivity index (χ3v) is 4.42. The van der Waals surface area contributed by atoms with Gasteiger partial charge in [-0.3, -0.25) is 4.90 Å². The van der Waals surface area contributed by atoms with Crippen LogP contribution in [-0.4, -0.2) is 34.2 Å². The van der Waals surface area contributed by atoms with Gasteiger partial charge in [-0.05, 0) is 37.9 Å². The van der Waals surface area contributed by atoms with Crippen LogP contribution in [0.25, 0.3) is 10.9 Å². The predicted molar refractivity (Wildman–Crippen MR) is 85.9 cm³/mol. The minimum Gasteiger partial charge on any atom is -0.396 e. The van der Waals surface area contributed by atoms with Crippen LogP contribution in [0.5, 0.6) is 0 Å². The lowest BCUT2D eigenvalue weighted by Crippen LogP contribution is -2.39. The lowest BCUT2D eigenvalue weighted by molar-refractivity contribution is 0.112. The number of nitrogens with two attached hydrogens (primary N) is 1. The second-order valence-corrected chi connectivity index (χ2v) is 5.86. The maximum atomic E-state index is 9.23. The molecule has 3 rings (SSSR count). The summed E-state index contributed by atoms with van der Waals surface area (Å²) < 4.78 is 0. The molecular weight excluding hydrogens is 262 g/mol. The van der Waals surface area contributed by atoms with Gasteiger partial charge in [0.2, 0.25) is 0 Å². The van der Waals surface area contributed by atoms with Gasteiger partial charge < -0.3 is 10.8 Å². The molecule has 1 atom stereocenters. The molecule has 1 saturated heterocycles. The highest BCUT2D eigenvalue weighted by Gasteiger charge is 2.22. The van der Waals surface area contributed by atoms with E-state index in [0.29, 0.717) is 11.9 Å². The summed E-state index contributed by atoms with van der Waals surface area (Å²) in [5, 5.41) is 10.4. The summed E-state index contributed by atoms with van der Waals surface area (Å²) in [6, 6.07) is 10.7. The Morgan fingerprint density at radius 3 is 3.00 bits per heavy atom. The molecule has 1 aliphatic rings. The zero-order valence-electron chi connectivity index (χ0n) is 12.3. The number of hydrogen-bond acceptors (Lipinski definition) is 4. The molecule has 1 unspecified atom stereocenters. The molecule has 4 heteroatoms. The highest BCUT2D eigenvalue weighted by molar-refractivity contribution is 5.81. The van der Waals surface area contributed by atoms with Crippen LogP contribution in [0.4, 0.5) is 5.82 Å². The van der Waals surface area contributed by atoms with Crippen molar-refractivity contribution in [1.29, 1.82) is 0 Å². The van der Waals surface area contributed by atoms with Gasteiger partial charge in [-0.1, -0.05) is 24.6 Å².